The molecule has 5 rings (SSSR count). The molecule has 220 valence electrons. The molecule has 10 heteroatoms. The average Bonchev–Trinajstić information content (AvgIpc) is 3.44. The zero-order valence-corrected chi connectivity index (χ0v) is 25.3. The number of ether oxygens (including phenoxy) is 2. The molecule has 2 heterocycles. The molecule has 9 nitrogen and oxygen atoms in total. The molecule has 42 heavy (non-hydrogen) atoms. The van der Waals surface area contributed by atoms with Gasteiger partial charge in [-0.05, 0) is 73.7 Å². The number of hydrogen-bond acceptors (Lipinski definition) is 7. The van der Waals surface area contributed by atoms with Crippen LogP contribution < -0.4 is 4.90 Å². The van der Waals surface area contributed by atoms with Crippen LogP contribution in [0.15, 0.2) is 71.6 Å². The van der Waals surface area contributed by atoms with Crippen molar-refractivity contribution >= 4 is 33.5 Å². The van der Waals surface area contributed by atoms with E-state index in [0.717, 1.165) is 17.5 Å². The maximum atomic E-state index is 14.1. The maximum absolute atomic E-state index is 14.1. The molecule has 1 fully saturated rings. The fourth-order valence-corrected chi connectivity index (χ4v) is 7.05. The molecule has 0 radical (unpaired) electrons. The average molecular weight is 591 g/mol. The number of benzene rings is 3. The summed E-state index contributed by atoms with van der Waals surface area (Å²) in [4.78, 5) is 43.1. The van der Waals surface area contributed by atoms with Gasteiger partial charge in [0.05, 0.1) is 23.6 Å². The van der Waals surface area contributed by atoms with E-state index < -0.39 is 39.0 Å². The first-order valence-electron chi connectivity index (χ1n) is 13.6. The van der Waals surface area contributed by atoms with E-state index >= 15 is 0 Å². The van der Waals surface area contributed by atoms with Crippen LogP contribution in [0.25, 0.3) is 11.1 Å². The number of sulfone groups is 1. The highest BCUT2D eigenvalue weighted by molar-refractivity contribution is 7.90. The van der Waals surface area contributed by atoms with E-state index in [-0.39, 0.29) is 16.4 Å². The van der Waals surface area contributed by atoms with Crippen molar-refractivity contribution < 1.29 is 32.3 Å². The van der Waals surface area contributed by atoms with Gasteiger partial charge in [0.25, 0.3) is 0 Å². The number of likely N-dealkylation sites (N-methyl/N-ethyl adjacent to an activating group) is 1. The fraction of sp³-hybridized carbons (Fsp3) is 0.344. The highest BCUT2D eigenvalue weighted by Gasteiger charge is 2.61. The van der Waals surface area contributed by atoms with Crippen LogP contribution in [0.2, 0.25) is 0 Å². The number of para-hydroxylation sites is 1. The first-order valence-corrected chi connectivity index (χ1v) is 15.5. The summed E-state index contributed by atoms with van der Waals surface area (Å²) in [5.74, 6) is -0.855. The summed E-state index contributed by atoms with van der Waals surface area (Å²) >= 11 is 0. The van der Waals surface area contributed by atoms with Crippen molar-refractivity contribution in [3.05, 3.63) is 83.4 Å². The van der Waals surface area contributed by atoms with Crippen LogP contribution in [-0.4, -0.2) is 63.8 Å². The Kier molecular flexibility index (Phi) is 7.17. The molecule has 3 aromatic rings. The Morgan fingerprint density at radius 1 is 0.976 bits per heavy atom. The van der Waals surface area contributed by atoms with E-state index in [1.165, 1.54) is 19.2 Å². The predicted octanol–water partition coefficient (Wildman–Crippen LogP) is 5.14. The maximum Gasteiger partial charge on any atom is 0.410 e. The van der Waals surface area contributed by atoms with Gasteiger partial charge in [-0.25, -0.2) is 18.0 Å². The first kappa shape index (κ1) is 29.3. The Morgan fingerprint density at radius 3 is 2.33 bits per heavy atom. The van der Waals surface area contributed by atoms with Crippen LogP contribution in [0.1, 0.15) is 54.7 Å². The van der Waals surface area contributed by atoms with Crippen LogP contribution in [0.4, 0.5) is 10.5 Å². The molecule has 0 N–H and O–H groups in total. The number of amides is 2. The van der Waals surface area contributed by atoms with E-state index in [2.05, 4.69) is 0 Å². The third-order valence-electron chi connectivity index (χ3n) is 7.91. The SMILES string of the molecule is COC(=O)c1ccc(-c2cccc([C@H]3N(C(=O)OC(C)(C)C)CC[C@]34C(=O)N(C)c3ccccc34)c2)cc1S(C)(=O)=O. The van der Waals surface area contributed by atoms with E-state index in [1.807, 2.05) is 48.5 Å². The normalized spacial score (nSPS) is 20.1. The lowest BCUT2D eigenvalue weighted by Crippen LogP contribution is -2.45. The van der Waals surface area contributed by atoms with Crippen molar-refractivity contribution in [2.75, 3.05) is 31.9 Å². The molecule has 1 saturated heterocycles. The molecular weight excluding hydrogens is 556 g/mol. The van der Waals surface area contributed by atoms with Crippen LogP contribution in [0.3, 0.4) is 0 Å². The fourth-order valence-electron chi connectivity index (χ4n) is 6.16. The smallest absolute Gasteiger partial charge is 0.410 e. The van der Waals surface area contributed by atoms with E-state index in [1.54, 1.807) is 43.7 Å². The van der Waals surface area contributed by atoms with Crippen molar-refractivity contribution in [2.45, 2.75) is 49.1 Å². The van der Waals surface area contributed by atoms with Gasteiger partial charge in [0.15, 0.2) is 9.84 Å². The monoisotopic (exact) mass is 590 g/mol. The van der Waals surface area contributed by atoms with Gasteiger partial charge in [-0.1, -0.05) is 42.5 Å². The summed E-state index contributed by atoms with van der Waals surface area (Å²) in [6.07, 6.45) is 0.930. The van der Waals surface area contributed by atoms with Crippen LogP contribution in [0.5, 0.6) is 0 Å². The lowest BCUT2D eigenvalue weighted by atomic mass is 9.72. The largest absolute Gasteiger partial charge is 0.465 e. The number of nitrogens with zero attached hydrogens (tertiary/aromatic N) is 2. The number of fused-ring (bicyclic) bond motifs is 2. The standard InChI is InChI=1S/C32H34N2O7S/c1-31(2,3)41-30(37)34-17-16-32(24-12-7-8-13-25(24)33(4)29(32)36)27(34)22-11-9-10-20(18-22)21-14-15-23(28(35)40-5)26(19-21)42(6,38)39/h7-15,18-19,27H,16-17H2,1-6H3/t27-,32-/m1/s1. The highest BCUT2D eigenvalue weighted by Crippen LogP contribution is 2.56. The van der Waals surface area contributed by atoms with Gasteiger partial charge in [0.2, 0.25) is 5.91 Å². The second-order valence-corrected chi connectivity index (χ2v) is 13.8. The molecule has 2 aliphatic heterocycles. The molecule has 2 atom stereocenters. The van der Waals surface area contributed by atoms with Crippen LogP contribution in [0, 0.1) is 0 Å². The Morgan fingerprint density at radius 2 is 1.67 bits per heavy atom. The predicted molar refractivity (Wildman–Crippen MR) is 158 cm³/mol. The lowest BCUT2D eigenvalue weighted by Gasteiger charge is -2.35. The zero-order chi connectivity index (χ0) is 30.6. The molecule has 0 saturated carbocycles. The highest BCUT2D eigenvalue weighted by atomic mass is 32.2. The second kappa shape index (κ2) is 10.3. The lowest BCUT2D eigenvalue weighted by molar-refractivity contribution is -0.123. The van der Waals surface area contributed by atoms with Gasteiger partial charge >= 0.3 is 12.1 Å². The number of anilines is 1. The summed E-state index contributed by atoms with van der Waals surface area (Å²) < 4.78 is 35.8. The number of esters is 1. The van der Waals surface area contributed by atoms with Crippen LogP contribution in [-0.2, 0) is 29.5 Å². The minimum Gasteiger partial charge on any atom is -0.465 e. The Labute approximate surface area is 245 Å². The summed E-state index contributed by atoms with van der Waals surface area (Å²) in [6, 6.07) is 18.8. The molecule has 3 aromatic carbocycles. The van der Waals surface area contributed by atoms with Crippen molar-refractivity contribution in [3.63, 3.8) is 0 Å². The van der Waals surface area contributed by atoms with Crippen molar-refractivity contribution in [2.24, 2.45) is 0 Å². The summed E-state index contributed by atoms with van der Waals surface area (Å²) in [6.45, 7) is 5.71. The zero-order valence-electron chi connectivity index (χ0n) is 24.5. The van der Waals surface area contributed by atoms with E-state index in [9.17, 15) is 22.8 Å². The minimum atomic E-state index is -3.77. The number of carbonyl (C=O) groups is 3. The minimum absolute atomic E-state index is 0.0538. The molecule has 0 aliphatic carbocycles. The summed E-state index contributed by atoms with van der Waals surface area (Å²) in [7, 11) is -0.829. The van der Waals surface area contributed by atoms with Gasteiger partial charge < -0.3 is 14.4 Å². The van der Waals surface area contributed by atoms with Crippen molar-refractivity contribution in [3.8, 4) is 11.1 Å². The molecule has 0 bridgehead atoms. The van der Waals surface area contributed by atoms with Crippen molar-refractivity contribution in [1.82, 2.24) is 4.90 Å². The number of methoxy groups -OCH3 is 1. The number of rotatable bonds is 4. The van der Waals surface area contributed by atoms with Gasteiger partial charge in [-0.15, -0.1) is 0 Å². The summed E-state index contributed by atoms with van der Waals surface area (Å²) in [5.41, 5.74) is 1.73. The third-order valence-corrected chi connectivity index (χ3v) is 9.04. The van der Waals surface area contributed by atoms with Gasteiger partial charge in [-0.2, -0.15) is 0 Å². The van der Waals surface area contributed by atoms with Gasteiger partial charge in [0, 0.05) is 25.5 Å². The third kappa shape index (κ3) is 4.83. The molecule has 0 aromatic heterocycles. The Bertz CT molecular complexity index is 1710. The number of carbonyl (C=O) groups excluding carboxylic acids is 3. The second-order valence-electron chi connectivity index (χ2n) is 11.8. The number of hydrogen-bond donors (Lipinski definition) is 0. The molecular formula is C32H34N2O7S. The van der Waals surface area contributed by atoms with Gasteiger partial charge in [0.1, 0.15) is 11.0 Å². The van der Waals surface area contributed by atoms with E-state index in [4.69, 9.17) is 9.47 Å². The Balaban J connectivity index is 1.68. The molecule has 0 unspecified atom stereocenters. The Hall–Kier alpha value is -4.18. The molecule has 2 amide bonds. The van der Waals surface area contributed by atoms with Gasteiger partial charge in [-0.3, -0.25) is 9.69 Å². The molecule has 2 aliphatic rings. The number of likely N-dealkylation sites (tertiary alicyclic amines) is 1. The first-order chi connectivity index (χ1) is 19.7. The van der Waals surface area contributed by atoms with Crippen molar-refractivity contribution in [1.29, 1.82) is 0 Å². The quantitative estimate of drug-likeness (QED) is 0.387. The molecule has 1 spiro atoms. The topological polar surface area (TPSA) is 110 Å². The summed E-state index contributed by atoms with van der Waals surface area (Å²) in [5, 5.41) is 0. The van der Waals surface area contributed by atoms with E-state index in [0.29, 0.717) is 29.7 Å². The van der Waals surface area contributed by atoms with Crippen LogP contribution >= 0.6 is 0 Å².